The van der Waals surface area contributed by atoms with Crippen molar-refractivity contribution in [1.29, 1.82) is 0 Å². The van der Waals surface area contributed by atoms with Gasteiger partial charge >= 0.3 is 0 Å². The monoisotopic (exact) mass is 245 g/mol. The first-order valence-electron chi connectivity index (χ1n) is 5.79. The van der Waals surface area contributed by atoms with Gasteiger partial charge < -0.3 is 21.1 Å². The lowest BCUT2D eigenvalue weighted by atomic mass is 10.1. The summed E-state index contributed by atoms with van der Waals surface area (Å²) in [5, 5.41) is 5.79. The van der Waals surface area contributed by atoms with Crippen LogP contribution in [0, 0.1) is 5.92 Å². The van der Waals surface area contributed by atoms with Crippen LogP contribution in [0.15, 0.2) is 0 Å². The first kappa shape index (κ1) is 15.9. The molecule has 0 saturated heterocycles. The molecule has 0 bridgehead atoms. The fourth-order valence-corrected chi connectivity index (χ4v) is 0.991. The first-order valence-corrected chi connectivity index (χ1v) is 5.79. The zero-order chi connectivity index (χ0) is 13.3. The fraction of sp³-hybridized carbons (Fsp3) is 0.818. The van der Waals surface area contributed by atoms with E-state index in [1.165, 1.54) is 0 Å². The van der Waals surface area contributed by atoms with Gasteiger partial charge in [-0.1, -0.05) is 13.8 Å². The number of primary amides is 1. The third-order valence-electron chi connectivity index (χ3n) is 2.34. The quantitative estimate of drug-likeness (QED) is 0.465. The summed E-state index contributed by atoms with van der Waals surface area (Å²) in [6, 6.07) is 0.162. The van der Waals surface area contributed by atoms with Crippen molar-refractivity contribution in [2.24, 2.45) is 11.7 Å². The van der Waals surface area contributed by atoms with Crippen LogP contribution in [0.4, 0.5) is 0 Å². The van der Waals surface area contributed by atoms with E-state index in [2.05, 4.69) is 24.5 Å². The fourth-order valence-electron chi connectivity index (χ4n) is 0.991. The summed E-state index contributed by atoms with van der Waals surface area (Å²) in [5.74, 6) is -0.118. The summed E-state index contributed by atoms with van der Waals surface area (Å²) in [5.41, 5.74) is 4.89. The molecule has 6 heteroatoms. The van der Waals surface area contributed by atoms with Gasteiger partial charge in [-0.15, -0.1) is 0 Å². The third kappa shape index (κ3) is 9.77. The molecule has 0 aromatic rings. The molecule has 0 radical (unpaired) electrons. The molecule has 0 aliphatic rings. The van der Waals surface area contributed by atoms with Crippen LogP contribution in [0.5, 0.6) is 0 Å². The van der Waals surface area contributed by atoms with Crippen molar-refractivity contribution in [3.05, 3.63) is 0 Å². The minimum absolute atomic E-state index is 0.0406. The van der Waals surface area contributed by atoms with Crippen LogP contribution in [0.3, 0.4) is 0 Å². The van der Waals surface area contributed by atoms with Gasteiger partial charge in [-0.05, 0) is 12.8 Å². The van der Waals surface area contributed by atoms with Crippen LogP contribution in [-0.2, 0) is 14.3 Å². The molecule has 0 aliphatic carbocycles. The molecule has 100 valence electrons. The normalized spacial score (nSPS) is 12.5. The average Bonchev–Trinajstić information content (AvgIpc) is 2.22. The molecule has 2 amide bonds. The molecule has 17 heavy (non-hydrogen) atoms. The Balaban J connectivity index is 3.42. The van der Waals surface area contributed by atoms with Crippen molar-refractivity contribution in [3.8, 4) is 0 Å². The summed E-state index contributed by atoms with van der Waals surface area (Å²) in [6.07, 6.45) is 0. The molecule has 1 unspecified atom stereocenters. The molecular weight excluding hydrogens is 222 g/mol. The van der Waals surface area contributed by atoms with Gasteiger partial charge in [0, 0.05) is 12.6 Å². The Morgan fingerprint density at radius 3 is 2.47 bits per heavy atom. The zero-order valence-electron chi connectivity index (χ0n) is 10.8. The number of carbonyl (C=O) groups is 2. The highest BCUT2D eigenvalue weighted by Gasteiger charge is 2.09. The van der Waals surface area contributed by atoms with E-state index in [-0.39, 0.29) is 25.1 Å². The van der Waals surface area contributed by atoms with E-state index in [4.69, 9.17) is 10.5 Å². The van der Waals surface area contributed by atoms with Crippen molar-refractivity contribution in [2.75, 3.05) is 26.3 Å². The maximum atomic E-state index is 11.4. The van der Waals surface area contributed by atoms with Crippen LogP contribution in [0.1, 0.15) is 20.8 Å². The predicted octanol–water partition coefficient (Wildman–Crippen LogP) is -0.761. The molecule has 0 fully saturated rings. The molecule has 0 aromatic carbocycles. The molecule has 1 atom stereocenters. The minimum atomic E-state index is -0.492. The second kappa shape index (κ2) is 8.95. The van der Waals surface area contributed by atoms with Gasteiger partial charge in [0.15, 0.2) is 0 Å². The molecule has 6 nitrogen and oxygen atoms in total. The molecule has 0 rings (SSSR count). The second-order valence-corrected chi connectivity index (χ2v) is 4.30. The highest BCUT2D eigenvalue weighted by molar-refractivity contribution is 5.78. The number of hydrogen-bond acceptors (Lipinski definition) is 4. The van der Waals surface area contributed by atoms with Crippen molar-refractivity contribution in [2.45, 2.75) is 26.8 Å². The summed E-state index contributed by atoms with van der Waals surface area (Å²) >= 11 is 0. The van der Waals surface area contributed by atoms with E-state index in [1.807, 2.05) is 6.92 Å². The Labute approximate surface area is 102 Å². The number of amides is 2. The topological polar surface area (TPSA) is 93.4 Å². The van der Waals surface area contributed by atoms with Crippen LogP contribution in [-0.4, -0.2) is 44.2 Å². The average molecular weight is 245 g/mol. The third-order valence-corrected chi connectivity index (χ3v) is 2.34. The Morgan fingerprint density at radius 1 is 1.29 bits per heavy atom. The lowest BCUT2D eigenvalue weighted by Gasteiger charge is -2.17. The number of hydrogen-bond donors (Lipinski definition) is 3. The standard InChI is InChI=1S/C11H23N3O3/c1-8(2)9(3)14-11(16)6-13-4-5-17-7-10(12)15/h8-9,13H,4-7H2,1-3H3,(H2,12,15)(H,14,16). The van der Waals surface area contributed by atoms with Crippen molar-refractivity contribution in [3.63, 3.8) is 0 Å². The second-order valence-electron chi connectivity index (χ2n) is 4.30. The summed E-state index contributed by atoms with van der Waals surface area (Å²) < 4.78 is 4.93. The Hall–Kier alpha value is -1.14. The van der Waals surface area contributed by atoms with E-state index in [0.717, 1.165) is 0 Å². The van der Waals surface area contributed by atoms with Gasteiger partial charge in [0.1, 0.15) is 6.61 Å². The number of carbonyl (C=O) groups excluding carboxylic acids is 2. The SMILES string of the molecule is CC(C)C(C)NC(=O)CNCCOCC(N)=O. The maximum Gasteiger partial charge on any atom is 0.243 e. The van der Waals surface area contributed by atoms with Gasteiger partial charge in [-0.25, -0.2) is 0 Å². The van der Waals surface area contributed by atoms with Gasteiger partial charge in [0.25, 0.3) is 0 Å². The van der Waals surface area contributed by atoms with Gasteiger partial charge in [-0.2, -0.15) is 0 Å². The number of nitrogens with one attached hydrogen (secondary N) is 2. The summed E-state index contributed by atoms with van der Waals surface area (Å²) in [4.78, 5) is 21.7. The molecule has 0 aliphatic heterocycles. The zero-order valence-corrected chi connectivity index (χ0v) is 10.8. The Bertz CT molecular complexity index is 244. The predicted molar refractivity (Wildman–Crippen MR) is 65.3 cm³/mol. The minimum Gasteiger partial charge on any atom is -0.370 e. The largest absolute Gasteiger partial charge is 0.370 e. The Morgan fingerprint density at radius 2 is 1.94 bits per heavy atom. The van der Waals surface area contributed by atoms with E-state index < -0.39 is 5.91 Å². The molecule has 0 saturated carbocycles. The van der Waals surface area contributed by atoms with Gasteiger partial charge in [-0.3, -0.25) is 9.59 Å². The van der Waals surface area contributed by atoms with Crippen LogP contribution in [0.2, 0.25) is 0 Å². The van der Waals surface area contributed by atoms with Crippen molar-refractivity contribution >= 4 is 11.8 Å². The van der Waals surface area contributed by atoms with E-state index >= 15 is 0 Å². The lowest BCUT2D eigenvalue weighted by molar-refractivity contribution is -0.123. The van der Waals surface area contributed by atoms with Crippen LogP contribution >= 0.6 is 0 Å². The lowest BCUT2D eigenvalue weighted by Crippen LogP contribution is -2.41. The molecule has 0 heterocycles. The number of ether oxygens (including phenoxy) is 1. The van der Waals surface area contributed by atoms with Gasteiger partial charge in [0.2, 0.25) is 11.8 Å². The number of nitrogens with two attached hydrogens (primary N) is 1. The van der Waals surface area contributed by atoms with E-state index in [0.29, 0.717) is 19.1 Å². The van der Waals surface area contributed by atoms with E-state index in [1.54, 1.807) is 0 Å². The number of rotatable bonds is 9. The highest BCUT2D eigenvalue weighted by Crippen LogP contribution is 1.98. The molecular formula is C11H23N3O3. The molecule has 0 aromatic heterocycles. The highest BCUT2D eigenvalue weighted by atomic mass is 16.5. The van der Waals surface area contributed by atoms with Crippen molar-refractivity contribution in [1.82, 2.24) is 10.6 Å². The smallest absolute Gasteiger partial charge is 0.243 e. The summed E-state index contributed by atoms with van der Waals surface area (Å²) in [6.45, 7) is 7.10. The first-order chi connectivity index (χ1) is 7.93. The molecule has 0 spiro atoms. The van der Waals surface area contributed by atoms with Crippen LogP contribution < -0.4 is 16.4 Å². The maximum absolute atomic E-state index is 11.4. The van der Waals surface area contributed by atoms with E-state index in [9.17, 15) is 9.59 Å². The van der Waals surface area contributed by atoms with Crippen molar-refractivity contribution < 1.29 is 14.3 Å². The Kier molecular flexibility index (Phi) is 8.35. The van der Waals surface area contributed by atoms with Gasteiger partial charge in [0.05, 0.1) is 13.2 Å². The molecule has 4 N–H and O–H groups in total. The summed E-state index contributed by atoms with van der Waals surface area (Å²) in [7, 11) is 0. The van der Waals surface area contributed by atoms with Crippen LogP contribution in [0.25, 0.3) is 0 Å².